The van der Waals surface area contributed by atoms with Crippen LogP contribution in [0.25, 0.3) is 0 Å². The molecule has 0 fully saturated rings. The van der Waals surface area contributed by atoms with Gasteiger partial charge in [0.1, 0.15) is 5.75 Å². The minimum Gasteiger partial charge on any atom is -0.497 e. The highest BCUT2D eigenvalue weighted by Gasteiger charge is 2.24. The van der Waals surface area contributed by atoms with Crippen LogP contribution in [0.3, 0.4) is 0 Å². The molecule has 21 heavy (non-hydrogen) atoms. The van der Waals surface area contributed by atoms with E-state index in [0.29, 0.717) is 12.5 Å². The van der Waals surface area contributed by atoms with Crippen LogP contribution in [0.2, 0.25) is 0 Å². The average Bonchev–Trinajstić information content (AvgIpc) is 2.44. The molecule has 0 amide bonds. The summed E-state index contributed by atoms with van der Waals surface area (Å²) < 4.78 is 10.6. The van der Waals surface area contributed by atoms with Crippen molar-refractivity contribution in [3.8, 4) is 5.75 Å². The molecular formula is C17H30N2O2. The molecule has 2 atom stereocenters. The molecule has 1 rings (SSSR count). The molecule has 4 heteroatoms. The summed E-state index contributed by atoms with van der Waals surface area (Å²) in [5, 5.41) is 0. The first kappa shape index (κ1) is 18.0. The fraction of sp³-hybridized carbons (Fsp3) is 0.647. The Bertz CT molecular complexity index is 408. The number of ether oxygens (including phenoxy) is 2. The topological polar surface area (TPSA) is 47.7 Å². The zero-order valence-electron chi connectivity index (χ0n) is 14.0. The van der Waals surface area contributed by atoms with E-state index in [9.17, 15) is 0 Å². The largest absolute Gasteiger partial charge is 0.497 e. The molecule has 0 aromatic heterocycles. The molecule has 1 aromatic rings. The van der Waals surface area contributed by atoms with Crippen LogP contribution in [-0.4, -0.2) is 44.9 Å². The third-order valence-electron chi connectivity index (χ3n) is 3.51. The predicted octanol–water partition coefficient (Wildman–Crippen LogP) is 2.69. The van der Waals surface area contributed by atoms with Gasteiger partial charge < -0.3 is 15.2 Å². The molecule has 0 bridgehead atoms. The van der Waals surface area contributed by atoms with Crippen LogP contribution < -0.4 is 10.5 Å². The predicted molar refractivity (Wildman–Crippen MR) is 87.7 cm³/mol. The van der Waals surface area contributed by atoms with E-state index in [4.69, 9.17) is 15.2 Å². The van der Waals surface area contributed by atoms with Gasteiger partial charge in [0.25, 0.3) is 0 Å². The lowest BCUT2D eigenvalue weighted by Crippen LogP contribution is -2.42. The first-order valence-electron chi connectivity index (χ1n) is 7.62. The quantitative estimate of drug-likeness (QED) is 0.760. The number of methoxy groups -OCH3 is 2. The number of nitrogens with two attached hydrogens (primary N) is 1. The molecular weight excluding hydrogens is 264 g/mol. The second-order valence-corrected chi connectivity index (χ2v) is 5.96. The Morgan fingerprint density at radius 2 is 1.90 bits per heavy atom. The molecule has 0 radical (unpaired) electrons. The van der Waals surface area contributed by atoms with E-state index in [0.717, 1.165) is 18.8 Å². The number of hydrogen-bond donors (Lipinski definition) is 1. The normalized spacial score (nSPS) is 14.5. The van der Waals surface area contributed by atoms with E-state index >= 15 is 0 Å². The van der Waals surface area contributed by atoms with Crippen molar-refractivity contribution in [3.05, 3.63) is 29.8 Å². The third kappa shape index (κ3) is 5.65. The van der Waals surface area contributed by atoms with Gasteiger partial charge in [-0.25, -0.2) is 0 Å². The zero-order chi connectivity index (χ0) is 15.8. The van der Waals surface area contributed by atoms with Gasteiger partial charge in [-0.2, -0.15) is 0 Å². The van der Waals surface area contributed by atoms with Crippen molar-refractivity contribution in [2.24, 2.45) is 11.7 Å². The summed E-state index contributed by atoms with van der Waals surface area (Å²) in [7, 11) is 3.43. The van der Waals surface area contributed by atoms with Crippen LogP contribution in [0.4, 0.5) is 0 Å². The maximum absolute atomic E-state index is 6.29. The number of nitrogens with zero attached hydrogens (tertiary/aromatic N) is 1. The summed E-state index contributed by atoms with van der Waals surface area (Å²) in [6.45, 7) is 9.09. The van der Waals surface area contributed by atoms with Crippen molar-refractivity contribution in [2.45, 2.75) is 32.9 Å². The minimum atomic E-state index is 0.0349. The minimum absolute atomic E-state index is 0.0349. The van der Waals surface area contributed by atoms with E-state index in [2.05, 4.69) is 37.8 Å². The Morgan fingerprint density at radius 3 is 2.43 bits per heavy atom. The van der Waals surface area contributed by atoms with Crippen molar-refractivity contribution in [1.29, 1.82) is 0 Å². The molecule has 2 N–H and O–H groups in total. The van der Waals surface area contributed by atoms with Crippen LogP contribution in [-0.2, 0) is 4.74 Å². The molecule has 0 aliphatic heterocycles. The maximum atomic E-state index is 6.29. The van der Waals surface area contributed by atoms with Gasteiger partial charge >= 0.3 is 0 Å². The fourth-order valence-corrected chi connectivity index (χ4v) is 2.69. The van der Waals surface area contributed by atoms with Gasteiger partial charge in [0, 0.05) is 32.3 Å². The number of rotatable bonds is 9. The van der Waals surface area contributed by atoms with Crippen molar-refractivity contribution in [2.75, 3.05) is 33.9 Å². The molecule has 2 unspecified atom stereocenters. The Hall–Kier alpha value is -1.10. The van der Waals surface area contributed by atoms with Crippen LogP contribution in [0, 0.1) is 5.92 Å². The summed E-state index contributed by atoms with van der Waals surface area (Å²) in [6, 6.07) is 8.38. The summed E-state index contributed by atoms with van der Waals surface area (Å²) in [6.07, 6.45) is 0. The van der Waals surface area contributed by atoms with Gasteiger partial charge in [0.05, 0.1) is 13.7 Å². The summed E-state index contributed by atoms with van der Waals surface area (Å²) >= 11 is 0. The lowest BCUT2D eigenvalue weighted by Gasteiger charge is -2.35. The maximum Gasteiger partial charge on any atom is 0.119 e. The Kier molecular flexibility index (Phi) is 7.72. The van der Waals surface area contributed by atoms with Gasteiger partial charge in [-0.3, -0.25) is 4.90 Å². The van der Waals surface area contributed by atoms with Gasteiger partial charge in [0.2, 0.25) is 0 Å². The van der Waals surface area contributed by atoms with Gasteiger partial charge in [-0.05, 0) is 30.5 Å². The second-order valence-electron chi connectivity index (χ2n) is 5.96. The molecule has 4 nitrogen and oxygen atoms in total. The Balaban J connectivity index is 3.04. The number of benzene rings is 1. The molecule has 0 aliphatic rings. The lowest BCUT2D eigenvalue weighted by atomic mass is 9.97. The zero-order valence-corrected chi connectivity index (χ0v) is 14.0. The first-order valence-corrected chi connectivity index (χ1v) is 7.62. The Morgan fingerprint density at radius 1 is 1.19 bits per heavy atom. The SMILES string of the molecule is COCCN(CC(C)C)C(c1cccc(OC)c1)C(C)N. The molecule has 0 heterocycles. The smallest absolute Gasteiger partial charge is 0.119 e. The van der Waals surface area contributed by atoms with Crippen molar-refractivity contribution >= 4 is 0 Å². The average molecular weight is 294 g/mol. The van der Waals surface area contributed by atoms with Crippen molar-refractivity contribution < 1.29 is 9.47 Å². The van der Waals surface area contributed by atoms with Crippen LogP contribution in [0.15, 0.2) is 24.3 Å². The van der Waals surface area contributed by atoms with E-state index in [1.54, 1.807) is 14.2 Å². The highest BCUT2D eigenvalue weighted by molar-refractivity contribution is 5.31. The van der Waals surface area contributed by atoms with Crippen LogP contribution >= 0.6 is 0 Å². The Labute approximate surface area is 129 Å². The van der Waals surface area contributed by atoms with E-state index < -0.39 is 0 Å². The molecule has 0 saturated carbocycles. The summed E-state index contributed by atoms with van der Waals surface area (Å²) in [5.41, 5.74) is 7.48. The van der Waals surface area contributed by atoms with E-state index in [1.807, 2.05) is 12.1 Å². The molecule has 0 saturated heterocycles. The highest BCUT2D eigenvalue weighted by Crippen LogP contribution is 2.27. The second kappa shape index (κ2) is 9.03. The highest BCUT2D eigenvalue weighted by atomic mass is 16.5. The summed E-state index contributed by atoms with van der Waals surface area (Å²) in [5.74, 6) is 1.45. The van der Waals surface area contributed by atoms with Gasteiger partial charge in [-0.1, -0.05) is 26.0 Å². The van der Waals surface area contributed by atoms with E-state index in [1.165, 1.54) is 5.56 Å². The fourth-order valence-electron chi connectivity index (χ4n) is 2.69. The van der Waals surface area contributed by atoms with Crippen LogP contribution in [0.1, 0.15) is 32.4 Å². The monoisotopic (exact) mass is 294 g/mol. The molecule has 1 aromatic carbocycles. The summed E-state index contributed by atoms with van der Waals surface area (Å²) in [4.78, 5) is 2.41. The van der Waals surface area contributed by atoms with Gasteiger partial charge in [0.15, 0.2) is 0 Å². The third-order valence-corrected chi connectivity index (χ3v) is 3.51. The van der Waals surface area contributed by atoms with Crippen LogP contribution in [0.5, 0.6) is 5.75 Å². The lowest BCUT2D eigenvalue weighted by molar-refractivity contribution is 0.101. The first-order chi connectivity index (χ1) is 9.99. The van der Waals surface area contributed by atoms with Gasteiger partial charge in [-0.15, -0.1) is 0 Å². The van der Waals surface area contributed by atoms with Crippen molar-refractivity contribution in [1.82, 2.24) is 4.90 Å². The molecule has 0 aliphatic carbocycles. The number of hydrogen-bond acceptors (Lipinski definition) is 4. The molecule has 0 spiro atoms. The standard InChI is InChI=1S/C17H30N2O2/c1-13(2)12-19(9-10-20-4)17(14(3)18)15-7-6-8-16(11-15)21-5/h6-8,11,13-14,17H,9-10,12,18H2,1-5H3. The van der Waals surface area contributed by atoms with Crippen molar-refractivity contribution in [3.63, 3.8) is 0 Å². The van der Waals surface area contributed by atoms with E-state index in [-0.39, 0.29) is 12.1 Å². The molecule has 120 valence electrons.